The van der Waals surface area contributed by atoms with Crippen LogP contribution in [0.3, 0.4) is 0 Å². The van der Waals surface area contributed by atoms with E-state index >= 15 is 0 Å². The van der Waals surface area contributed by atoms with E-state index < -0.39 is 0 Å². The minimum Gasteiger partial charge on any atom is -0.481 e. The van der Waals surface area contributed by atoms with Gasteiger partial charge in [-0.05, 0) is 39.7 Å². The van der Waals surface area contributed by atoms with Gasteiger partial charge >= 0.3 is 6.03 Å². The van der Waals surface area contributed by atoms with Gasteiger partial charge in [0.1, 0.15) is 0 Å². The molecule has 1 aliphatic rings. The van der Waals surface area contributed by atoms with Crippen LogP contribution < -0.4 is 15.4 Å². The lowest BCUT2D eigenvalue weighted by molar-refractivity contribution is 0.163. The van der Waals surface area contributed by atoms with Crippen molar-refractivity contribution in [3.05, 3.63) is 17.8 Å². The Morgan fingerprint density at radius 2 is 2.05 bits per heavy atom. The van der Waals surface area contributed by atoms with E-state index in [4.69, 9.17) is 4.74 Å². The molecule has 1 aromatic rings. The van der Waals surface area contributed by atoms with E-state index in [9.17, 15) is 4.79 Å². The Labute approximate surface area is 132 Å². The maximum atomic E-state index is 12.1. The summed E-state index contributed by atoms with van der Waals surface area (Å²) in [6, 6.07) is 4.19. The van der Waals surface area contributed by atoms with Gasteiger partial charge in [-0.3, -0.25) is 0 Å². The number of rotatable bonds is 4. The van der Waals surface area contributed by atoms with E-state index in [1.165, 1.54) is 0 Å². The van der Waals surface area contributed by atoms with Crippen LogP contribution in [0.1, 0.15) is 32.4 Å². The summed E-state index contributed by atoms with van der Waals surface area (Å²) in [5, 5.41) is 5.91. The molecule has 2 heterocycles. The van der Waals surface area contributed by atoms with E-state index in [0.717, 1.165) is 31.6 Å². The maximum absolute atomic E-state index is 12.1. The molecule has 0 atom stereocenters. The summed E-state index contributed by atoms with van der Waals surface area (Å²) < 4.78 is 5.06. The Morgan fingerprint density at radius 3 is 2.59 bits per heavy atom. The zero-order valence-corrected chi connectivity index (χ0v) is 13.8. The molecule has 2 N–H and O–H groups in total. The van der Waals surface area contributed by atoms with Gasteiger partial charge in [0.15, 0.2) is 0 Å². The fraction of sp³-hybridized carbons (Fsp3) is 0.625. The number of urea groups is 1. The van der Waals surface area contributed by atoms with Gasteiger partial charge in [0.05, 0.1) is 18.5 Å². The molecule has 22 heavy (non-hydrogen) atoms. The second kappa shape index (κ2) is 7.45. The first-order valence-electron chi connectivity index (χ1n) is 7.82. The third-order valence-corrected chi connectivity index (χ3v) is 4.11. The van der Waals surface area contributed by atoms with Crippen molar-refractivity contribution in [3.63, 3.8) is 0 Å². The molecule has 6 heteroatoms. The topological polar surface area (TPSA) is 66.5 Å². The number of amides is 2. The minimum absolute atomic E-state index is 0.168. The van der Waals surface area contributed by atoms with Crippen LogP contribution in [-0.2, 0) is 0 Å². The van der Waals surface area contributed by atoms with E-state index in [0.29, 0.717) is 17.6 Å². The fourth-order valence-corrected chi connectivity index (χ4v) is 2.69. The Bertz CT molecular complexity index is 511. The van der Waals surface area contributed by atoms with Gasteiger partial charge in [-0.25, -0.2) is 9.78 Å². The molecule has 0 saturated carbocycles. The highest BCUT2D eigenvalue weighted by atomic mass is 16.5. The minimum atomic E-state index is -0.168. The summed E-state index contributed by atoms with van der Waals surface area (Å²) in [7, 11) is 1.57. The van der Waals surface area contributed by atoms with E-state index in [1.54, 1.807) is 13.2 Å². The molecule has 1 aliphatic heterocycles. The zero-order chi connectivity index (χ0) is 16.1. The highest BCUT2D eigenvalue weighted by Gasteiger charge is 2.22. The van der Waals surface area contributed by atoms with E-state index in [1.807, 2.05) is 13.0 Å². The summed E-state index contributed by atoms with van der Waals surface area (Å²) in [4.78, 5) is 18.8. The molecule has 0 aliphatic carbocycles. The van der Waals surface area contributed by atoms with Crippen LogP contribution in [0.4, 0.5) is 10.5 Å². The van der Waals surface area contributed by atoms with E-state index in [2.05, 4.69) is 34.4 Å². The second-order valence-electron chi connectivity index (χ2n) is 5.99. The number of carbonyl (C=O) groups excluding carboxylic acids is 1. The molecular weight excluding hydrogens is 280 g/mol. The summed E-state index contributed by atoms with van der Waals surface area (Å²) in [6.07, 6.45) is 1.98. The lowest BCUT2D eigenvalue weighted by atomic mass is 10.0. The van der Waals surface area contributed by atoms with Crippen molar-refractivity contribution in [1.82, 2.24) is 15.2 Å². The number of anilines is 1. The molecule has 0 bridgehead atoms. The van der Waals surface area contributed by atoms with Crippen molar-refractivity contribution < 1.29 is 9.53 Å². The Hall–Kier alpha value is -1.82. The third-order valence-electron chi connectivity index (χ3n) is 4.11. The number of aryl methyl sites for hydroxylation is 1. The largest absolute Gasteiger partial charge is 0.481 e. The number of aromatic nitrogens is 1. The van der Waals surface area contributed by atoms with Crippen LogP contribution in [0, 0.1) is 6.92 Å². The lowest BCUT2D eigenvalue weighted by Crippen LogP contribution is -2.47. The van der Waals surface area contributed by atoms with Crippen LogP contribution in [0.15, 0.2) is 12.1 Å². The summed E-state index contributed by atoms with van der Waals surface area (Å²) in [6.45, 7) is 8.33. The predicted octanol–water partition coefficient (Wildman–Crippen LogP) is 2.39. The molecular formula is C16H26N4O2. The molecule has 0 radical (unpaired) electrons. The number of carbonyl (C=O) groups is 1. The summed E-state index contributed by atoms with van der Waals surface area (Å²) in [5.41, 5.74) is 1.45. The summed E-state index contributed by atoms with van der Waals surface area (Å²) >= 11 is 0. The van der Waals surface area contributed by atoms with Crippen molar-refractivity contribution >= 4 is 11.7 Å². The molecule has 122 valence electrons. The van der Waals surface area contributed by atoms with Gasteiger partial charge in [-0.2, -0.15) is 0 Å². The summed E-state index contributed by atoms with van der Waals surface area (Å²) in [5.74, 6) is 0.546. The van der Waals surface area contributed by atoms with Crippen LogP contribution in [0.25, 0.3) is 0 Å². The van der Waals surface area contributed by atoms with Crippen molar-refractivity contribution in [1.29, 1.82) is 0 Å². The van der Waals surface area contributed by atoms with Crippen LogP contribution in [0.2, 0.25) is 0 Å². The Morgan fingerprint density at radius 1 is 1.36 bits per heavy atom. The van der Waals surface area contributed by atoms with E-state index in [-0.39, 0.29) is 12.1 Å². The molecule has 6 nitrogen and oxygen atoms in total. The van der Waals surface area contributed by atoms with Crippen LogP contribution in [0.5, 0.6) is 5.88 Å². The van der Waals surface area contributed by atoms with Gasteiger partial charge < -0.3 is 20.3 Å². The number of piperidine rings is 1. The predicted molar refractivity (Wildman–Crippen MR) is 87.4 cm³/mol. The molecule has 2 amide bonds. The number of ether oxygens (including phenoxy) is 1. The zero-order valence-electron chi connectivity index (χ0n) is 13.8. The van der Waals surface area contributed by atoms with Crippen molar-refractivity contribution in [2.45, 2.75) is 45.7 Å². The third kappa shape index (κ3) is 4.34. The monoisotopic (exact) mass is 306 g/mol. The smallest absolute Gasteiger partial charge is 0.319 e. The lowest BCUT2D eigenvalue weighted by Gasteiger charge is -2.34. The van der Waals surface area contributed by atoms with Gasteiger partial charge in [0.25, 0.3) is 0 Å². The molecule has 0 spiro atoms. The quantitative estimate of drug-likeness (QED) is 0.896. The van der Waals surface area contributed by atoms with Crippen molar-refractivity contribution in [3.8, 4) is 5.88 Å². The number of pyridine rings is 1. The first kappa shape index (κ1) is 16.5. The average molecular weight is 306 g/mol. The SMILES string of the molecule is COc1ccc(NC(=O)NC2CCN(C(C)C)CC2)c(C)n1. The van der Waals surface area contributed by atoms with Crippen molar-refractivity contribution in [2.24, 2.45) is 0 Å². The van der Waals surface area contributed by atoms with Gasteiger partial charge in [0, 0.05) is 31.2 Å². The molecule has 2 rings (SSSR count). The molecule has 1 saturated heterocycles. The highest BCUT2D eigenvalue weighted by Crippen LogP contribution is 2.17. The number of nitrogens with one attached hydrogen (secondary N) is 2. The number of hydrogen-bond acceptors (Lipinski definition) is 4. The number of likely N-dealkylation sites (tertiary alicyclic amines) is 1. The second-order valence-corrected chi connectivity index (χ2v) is 5.99. The first-order valence-corrected chi connectivity index (χ1v) is 7.82. The highest BCUT2D eigenvalue weighted by molar-refractivity contribution is 5.90. The molecule has 1 fully saturated rings. The van der Waals surface area contributed by atoms with Gasteiger partial charge in [-0.1, -0.05) is 0 Å². The molecule has 0 unspecified atom stereocenters. The van der Waals surface area contributed by atoms with Gasteiger partial charge in [0.2, 0.25) is 5.88 Å². The molecule has 1 aromatic heterocycles. The molecule has 0 aromatic carbocycles. The fourth-order valence-electron chi connectivity index (χ4n) is 2.69. The van der Waals surface area contributed by atoms with Gasteiger partial charge in [-0.15, -0.1) is 0 Å². The Kier molecular flexibility index (Phi) is 5.60. The average Bonchev–Trinajstić information content (AvgIpc) is 2.49. The van der Waals surface area contributed by atoms with Crippen LogP contribution >= 0.6 is 0 Å². The number of nitrogens with zero attached hydrogens (tertiary/aromatic N) is 2. The number of hydrogen-bond donors (Lipinski definition) is 2. The standard InChI is InChI=1S/C16H26N4O2/c1-11(2)20-9-7-13(8-10-20)18-16(21)19-14-5-6-15(22-4)17-12(14)3/h5-6,11,13H,7-10H2,1-4H3,(H2,18,19,21). The number of methoxy groups -OCH3 is 1. The van der Waals surface area contributed by atoms with Crippen molar-refractivity contribution in [2.75, 3.05) is 25.5 Å². The van der Waals surface area contributed by atoms with Crippen LogP contribution in [-0.4, -0.2) is 48.2 Å². The normalized spacial score (nSPS) is 16.6. The maximum Gasteiger partial charge on any atom is 0.319 e. The Balaban J connectivity index is 1.84. The first-order chi connectivity index (χ1) is 10.5.